The highest BCUT2D eigenvalue weighted by molar-refractivity contribution is 5.88. The third kappa shape index (κ3) is 3.82. The van der Waals surface area contributed by atoms with E-state index >= 15 is 0 Å². The summed E-state index contributed by atoms with van der Waals surface area (Å²) in [7, 11) is 1.67. The largest absolute Gasteiger partial charge is 0.497 e. The Hall–Kier alpha value is -2.82. The second-order valence-electron chi connectivity index (χ2n) is 8.91. The molecule has 2 aliphatic rings. The van der Waals surface area contributed by atoms with Crippen LogP contribution < -0.4 is 4.74 Å². The zero-order chi connectivity index (χ0) is 21.4. The smallest absolute Gasteiger partial charge is 0.223 e. The van der Waals surface area contributed by atoms with Crippen molar-refractivity contribution in [3.63, 3.8) is 0 Å². The number of methoxy groups -OCH3 is 1. The van der Waals surface area contributed by atoms with Gasteiger partial charge < -0.3 is 14.6 Å². The number of amides is 1. The Labute approximate surface area is 182 Å². The number of aromatic nitrogens is 1. The van der Waals surface area contributed by atoms with Gasteiger partial charge >= 0.3 is 0 Å². The van der Waals surface area contributed by atoms with Crippen LogP contribution in [0.3, 0.4) is 0 Å². The molecule has 0 unspecified atom stereocenters. The highest BCUT2D eigenvalue weighted by Crippen LogP contribution is 2.40. The first kappa shape index (κ1) is 20.1. The van der Waals surface area contributed by atoms with E-state index in [4.69, 9.17) is 4.74 Å². The predicted octanol–water partition coefficient (Wildman–Crippen LogP) is 5.76. The highest BCUT2D eigenvalue weighted by Gasteiger charge is 2.34. The number of benzene rings is 2. The van der Waals surface area contributed by atoms with Gasteiger partial charge in [-0.3, -0.25) is 4.79 Å². The molecule has 0 spiro atoms. The average molecular weight is 421 g/mol. The van der Waals surface area contributed by atoms with Gasteiger partial charge in [0.1, 0.15) is 11.6 Å². The standard InChI is InChI=1S/C26H29FN2O2/c1-31-20-11-12-23-22(16-20)21-14-15-29(24(30)13-6-17-4-2-3-5-17)26(25(21)28-23)18-7-9-19(27)10-8-18/h7-12,16-17,26,28H,2-6,13-15H2,1H3/t26-/m0/s1. The maximum atomic E-state index is 13.6. The summed E-state index contributed by atoms with van der Waals surface area (Å²) < 4.78 is 19.1. The zero-order valence-corrected chi connectivity index (χ0v) is 18.0. The number of rotatable bonds is 5. The number of carbonyl (C=O) groups excluding carboxylic acids is 1. The average Bonchev–Trinajstić information content (AvgIpc) is 3.44. The minimum absolute atomic E-state index is 0.197. The zero-order valence-electron chi connectivity index (χ0n) is 18.0. The lowest BCUT2D eigenvalue weighted by Crippen LogP contribution is -2.40. The van der Waals surface area contributed by atoms with Gasteiger partial charge in [0.15, 0.2) is 0 Å². The van der Waals surface area contributed by atoms with Gasteiger partial charge in [-0.25, -0.2) is 4.39 Å². The fourth-order valence-corrected chi connectivity index (χ4v) is 5.43. The second-order valence-corrected chi connectivity index (χ2v) is 8.91. The van der Waals surface area contributed by atoms with Crippen LogP contribution in [0, 0.1) is 11.7 Å². The molecule has 162 valence electrons. The maximum Gasteiger partial charge on any atom is 0.223 e. The molecule has 1 N–H and O–H groups in total. The predicted molar refractivity (Wildman–Crippen MR) is 120 cm³/mol. The third-order valence-electron chi connectivity index (χ3n) is 7.08. The number of halogens is 1. The number of hydrogen-bond acceptors (Lipinski definition) is 2. The molecule has 2 aromatic carbocycles. The molecule has 0 radical (unpaired) electrons. The van der Waals surface area contributed by atoms with Crippen molar-refractivity contribution in [2.24, 2.45) is 5.92 Å². The van der Waals surface area contributed by atoms with Crippen LogP contribution in [0.15, 0.2) is 42.5 Å². The van der Waals surface area contributed by atoms with Crippen LogP contribution in [0.2, 0.25) is 0 Å². The number of nitrogens with zero attached hydrogens (tertiary/aromatic N) is 1. The molecule has 1 aliphatic heterocycles. The molecule has 0 saturated heterocycles. The Balaban J connectivity index is 1.51. The van der Waals surface area contributed by atoms with Gasteiger partial charge in [0.05, 0.1) is 13.2 Å². The summed E-state index contributed by atoms with van der Waals surface area (Å²) in [6, 6.07) is 12.4. The monoisotopic (exact) mass is 420 g/mol. The van der Waals surface area contributed by atoms with Crippen molar-refractivity contribution in [3.8, 4) is 5.75 Å². The molecule has 1 amide bonds. The van der Waals surface area contributed by atoms with Gasteiger partial charge in [-0.15, -0.1) is 0 Å². The van der Waals surface area contributed by atoms with Crippen LogP contribution in [-0.2, 0) is 11.2 Å². The van der Waals surface area contributed by atoms with Crippen molar-refractivity contribution >= 4 is 16.8 Å². The Morgan fingerprint density at radius 2 is 1.94 bits per heavy atom. The number of fused-ring (bicyclic) bond motifs is 3. The number of carbonyl (C=O) groups is 1. The number of aromatic amines is 1. The minimum Gasteiger partial charge on any atom is -0.497 e. The van der Waals surface area contributed by atoms with Crippen LogP contribution >= 0.6 is 0 Å². The lowest BCUT2D eigenvalue weighted by atomic mass is 9.91. The molecule has 5 heteroatoms. The lowest BCUT2D eigenvalue weighted by molar-refractivity contribution is -0.133. The number of hydrogen-bond donors (Lipinski definition) is 1. The summed E-state index contributed by atoms with van der Waals surface area (Å²) in [6.07, 6.45) is 7.46. The van der Waals surface area contributed by atoms with E-state index in [1.807, 2.05) is 17.0 Å². The van der Waals surface area contributed by atoms with Crippen molar-refractivity contribution in [2.75, 3.05) is 13.7 Å². The maximum absolute atomic E-state index is 13.6. The van der Waals surface area contributed by atoms with Crippen molar-refractivity contribution in [1.29, 1.82) is 0 Å². The van der Waals surface area contributed by atoms with E-state index < -0.39 is 0 Å². The second kappa shape index (κ2) is 8.37. The first-order chi connectivity index (χ1) is 15.1. The summed E-state index contributed by atoms with van der Waals surface area (Å²) in [5.74, 6) is 1.44. The van der Waals surface area contributed by atoms with E-state index in [-0.39, 0.29) is 17.8 Å². The molecule has 1 aliphatic carbocycles. The van der Waals surface area contributed by atoms with E-state index in [9.17, 15) is 9.18 Å². The molecule has 4 nitrogen and oxygen atoms in total. The summed E-state index contributed by atoms with van der Waals surface area (Å²) in [4.78, 5) is 18.9. The quantitative estimate of drug-likeness (QED) is 0.570. The minimum atomic E-state index is -0.264. The molecule has 1 saturated carbocycles. The highest BCUT2D eigenvalue weighted by atomic mass is 19.1. The van der Waals surface area contributed by atoms with E-state index in [1.165, 1.54) is 43.4 Å². The lowest BCUT2D eigenvalue weighted by Gasteiger charge is -2.36. The van der Waals surface area contributed by atoms with E-state index in [0.29, 0.717) is 18.9 Å². The molecule has 0 bridgehead atoms. The normalized spacial score (nSPS) is 19.0. The molecule has 2 heterocycles. The Bertz CT molecular complexity index is 1080. The van der Waals surface area contributed by atoms with Crippen LogP contribution in [0.5, 0.6) is 5.75 Å². The molecular weight excluding hydrogens is 391 g/mol. The van der Waals surface area contributed by atoms with Crippen LogP contribution in [-0.4, -0.2) is 29.4 Å². The molecule has 31 heavy (non-hydrogen) atoms. The SMILES string of the molecule is COc1ccc2[nH]c3c(c2c1)CCN(C(=O)CCC1CCCC1)[C@H]3c1ccc(F)cc1. The summed E-state index contributed by atoms with van der Waals surface area (Å²) in [5.41, 5.74) is 4.24. The fraction of sp³-hybridized carbons (Fsp3) is 0.423. The van der Waals surface area contributed by atoms with Gasteiger partial charge in [-0.05, 0) is 60.2 Å². The van der Waals surface area contributed by atoms with Crippen molar-refractivity contribution < 1.29 is 13.9 Å². The van der Waals surface area contributed by atoms with Crippen LogP contribution in [0.1, 0.15) is 61.4 Å². The van der Waals surface area contributed by atoms with Crippen LogP contribution in [0.25, 0.3) is 10.9 Å². The first-order valence-corrected chi connectivity index (χ1v) is 11.4. The molecule has 3 aromatic rings. The van der Waals surface area contributed by atoms with E-state index in [1.54, 1.807) is 19.2 Å². The summed E-state index contributed by atoms with van der Waals surface area (Å²) in [6.45, 7) is 0.669. The number of ether oxygens (including phenoxy) is 1. The Kier molecular flexibility index (Phi) is 5.43. The Morgan fingerprint density at radius 3 is 2.68 bits per heavy atom. The number of nitrogens with one attached hydrogen (secondary N) is 1. The molecule has 5 rings (SSSR count). The van der Waals surface area contributed by atoms with Gasteiger partial charge in [-0.1, -0.05) is 37.8 Å². The molecule has 1 fully saturated rings. The summed E-state index contributed by atoms with van der Waals surface area (Å²) >= 11 is 0. The van der Waals surface area contributed by atoms with Crippen LogP contribution in [0.4, 0.5) is 4.39 Å². The summed E-state index contributed by atoms with van der Waals surface area (Å²) in [5, 5.41) is 1.14. The first-order valence-electron chi connectivity index (χ1n) is 11.4. The van der Waals surface area contributed by atoms with Crippen molar-refractivity contribution in [3.05, 3.63) is 65.1 Å². The van der Waals surface area contributed by atoms with E-state index in [0.717, 1.165) is 40.8 Å². The topological polar surface area (TPSA) is 45.3 Å². The van der Waals surface area contributed by atoms with Crippen molar-refractivity contribution in [1.82, 2.24) is 9.88 Å². The number of H-pyrrole nitrogens is 1. The fourth-order valence-electron chi connectivity index (χ4n) is 5.43. The van der Waals surface area contributed by atoms with Crippen molar-refractivity contribution in [2.45, 2.75) is 51.0 Å². The molecule has 1 atom stereocenters. The van der Waals surface area contributed by atoms with Gasteiger partial charge in [0, 0.05) is 29.6 Å². The van der Waals surface area contributed by atoms with Gasteiger partial charge in [-0.2, -0.15) is 0 Å². The molecule has 1 aromatic heterocycles. The van der Waals surface area contributed by atoms with Gasteiger partial charge in [0.25, 0.3) is 0 Å². The Morgan fingerprint density at radius 1 is 1.16 bits per heavy atom. The third-order valence-corrected chi connectivity index (χ3v) is 7.08. The molecular formula is C26H29FN2O2. The van der Waals surface area contributed by atoms with E-state index in [2.05, 4.69) is 11.1 Å². The van der Waals surface area contributed by atoms with Gasteiger partial charge in [0.2, 0.25) is 5.91 Å².